The van der Waals surface area contributed by atoms with Crippen LogP contribution in [0, 0.1) is 5.92 Å². The summed E-state index contributed by atoms with van der Waals surface area (Å²) in [5, 5.41) is 8.96. The third kappa shape index (κ3) is 6.52. The van der Waals surface area contributed by atoms with Crippen molar-refractivity contribution in [3.8, 4) is 5.75 Å². The molecule has 29 heavy (non-hydrogen) atoms. The van der Waals surface area contributed by atoms with Crippen LogP contribution in [0.15, 0.2) is 48.5 Å². The SMILES string of the molecule is COc1ccc(NC(=O)c2ccc(NCC(=O)NCC3CCCCC3)cc2)cc1. The van der Waals surface area contributed by atoms with Crippen LogP contribution in [0.5, 0.6) is 5.75 Å². The Morgan fingerprint density at radius 3 is 2.24 bits per heavy atom. The third-order valence-corrected chi connectivity index (χ3v) is 5.26. The topological polar surface area (TPSA) is 79.5 Å². The number of nitrogens with one attached hydrogen (secondary N) is 3. The Balaban J connectivity index is 1.42. The van der Waals surface area contributed by atoms with Gasteiger partial charge in [-0.15, -0.1) is 0 Å². The maximum absolute atomic E-state index is 12.4. The zero-order valence-electron chi connectivity index (χ0n) is 16.9. The summed E-state index contributed by atoms with van der Waals surface area (Å²) in [4.78, 5) is 24.4. The molecule has 0 radical (unpaired) electrons. The monoisotopic (exact) mass is 395 g/mol. The molecule has 0 saturated heterocycles. The summed E-state index contributed by atoms with van der Waals surface area (Å²) in [6.45, 7) is 0.995. The van der Waals surface area contributed by atoms with E-state index in [1.807, 2.05) is 0 Å². The molecule has 2 amide bonds. The van der Waals surface area contributed by atoms with Crippen molar-refractivity contribution in [1.82, 2.24) is 5.32 Å². The van der Waals surface area contributed by atoms with Gasteiger partial charge in [0, 0.05) is 23.5 Å². The number of methoxy groups -OCH3 is 1. The Morgan fingerprint density at radius 1 is 0.931 bits per heavy atom. The van der Waals surface area contributed by atoms with Crippen LogP contribution < -0.4 is 20.7 Å². The number of ether oxygens (including phenoxy) is 1. The number of amides is 2. The van der Waals surface area contributed by atoms with Crippen molar-refractivity contribution in [2.45, 2.75) is 32.1 Å². The first kappa shape index (κ1) is 20.7. The molecule has 1 aliphatic rings. The van der Waals surface area contributed by atoms with Gasteiger partial charge in [0.2, 0.25) is 5.91 Å². The lowest BCUT2D eigenvalue weighted by Crippen LogP contribution is -2.34. The highest BCUT2D eigenvalue weighted by molar-refractivity contribution is 6.04. The summed E-state index contributed by atoms with van der Waals surface area (Å²) < 4.78 is 5.11. The van der Waals surface area contributed by atoms with Gasteiger partial charge in [-0.1, -0.05) is 19.3 Å². The van der Waals surface area contributed by atoms with E-state index in [9.17, 15) is 9.59 Å². The summed E-state index contributed by atoms with van der Waals surface area (Å²) in [6.07, 6.45) is 6.30. The minimum atomic E-state index is -0.188. The van der Waals surface area contributed by atoms with Gasteiger partial charge in [0.25, 0.3) is 5.91 Å². The third-order valence-electron chi connectivity index (χ3n) is 5.26. The summed E-state index contributed by atoms with van der Waals surface area (Å²) in [5.74, 6) is 1.17. The van der Waals surface area contributed by atoms with E-state index < -0.39 is 0 Å². The molecule has 0 spiro atoms. The number of benzene rings is 2. The lowest BCUT2D eigenvalue weighted by Gasteiger charge is -2.21. The average Bonchev–Trinajstić information content (AvgIpc) is 2.78. The van der Waals surface area contributed by atoms with Crippen LogP contribution in [0.25, 0.3) is 0 Å². The first-order chi connectivity index (χ1) is 14.1. The highest BCUT2D eigenvalue weighted by atomic mass is 16.5. The molecule has 0 atom stereocenters. The molecule has 6 nitrogen and oxygen atoms in total. The molecule has 0 aromatic heterocycles. The number of carbonyl (C=O) groups excluding carboxylic acids is 2. The van der Waals surface area contributed by atoms with Crippen molar-refractivity contribution in [1.29, 1.82) is 0 Å². The van der Waals surface area contributed by atoms with Crippen molar-refractivity contribution in [2.75, 3.05) is 30.8 Å². The van der Waals surface area contributed by atoms with E-state index in [2.05, 4.69) is 16.0 Å². The van der Waals surface area contributed by atoms with Crippen molar-refractivity contribution in [2.24, 2.45) is 5.92 Å². The smallest absolute Gasteiger partial charge is 0.255 e. The summed E-state index contributed by atoms with van der Waals surface area (Å²) >= 11 is 0. The fourth-order valence-electron chi connectivity index (χ4n) is 3.51. The van der Waals surface area contributed by atoms with Crippen LogP contribution in [0.3, 0.4) is 0 Å². The standard InChI is InChI=1S/C23H29N3O3/c1-29-21-13-11-20(12-14-21)26-23(28)18-7-9-19(10-8-18)24-16-22(27)25-15-17-5-3-2-4-6-17/h7-14,17,24H,2-6,15-16H2,1H3,(H,25,27)(H,26,28). The Labute approximate surface area is 172 Å². The maximum atomic E-state index is 12.4. The molecule has 1 fully saturated rings. The van der Waals surface area contributed by atoms with Crippen LogP contribution in [0.2, 0.25) is 0 Å². The zero-order chi connectivity index (χ0) is 20.5. The minimum absolute atomic E-state index is 0.00287. The molecule has 1 aliphatic carbocycles. The predicted octanol–water partition coefficient (Wildman–Crippen LogP) is 4.06. The molecule has 0 aliphatic heterocycles. The van der Waals surface area contributed by atoms with Crippen LogP contribution in [-0.4, -0.2) is 32.0 Å². The fraction of sp³-hybridized carbons (Fsp3) is 0.391. The largest absolute Gasteiger partial charge is 0.497 e. The van der Waals surface area contributed by atoms with Gasteiger partial charge < -0.3 is 20.7 Å². The van der Waals surface area contributed by atoms with E-state index in [4.69, 9.17) is 4.74 Å². The Kier molecular flexibility index (Phi) is 7.50. The zero-order valence-corrected chi connectivity index (χ0v) is 16.9. The molecule has 0 unspecified atom stereocenters. The lowest BCUT2D eigenvalue weighted by molar-refractivity contribution is -0.119. The normalized spacial score (nSPS) is 14.1. The van der Waals surface area contributed by atoms with Gasteiger partial charge in [0.15, 0.2) is 0 Å². The summed E-state index contributed by atoms with van der Waals surface area (Å²) in [7, 11) is 1.60. The number of hydrogen-bond donors (Lipinski definition) is 3. The van der Waals surface area contributed by atoms with E-state index in [-0.39, 0.29) is 18.4 Å². The summed E-state index contributed by atoms with van der Waals surface area (Å²) in [6, 6.07) is 14.2. The van der Waals surface area contributed by atoms with E-state index >= 15 is 0 Å². The van der Waals surface area contributed by atoms with E-state index in [1.165, 1.54) is 32.1 Å². The van der Waals surface area contributed by atoms with Crippen molar-refractivity contribution in [3.63, 3.8) is 0 Å². The minimum Gasteiger partial charge on any atom is -0.497 e. The molecule has 3 rings (SSSR count). The Hall–Kier alpha value is -3.02. The van der Waals surface area contributed by atoms with Crippen LogP contribution in [-0.2, 0) is 4.79 Å². The number of anilines is 2. The molecule has 2 aromatic rings. The molecular formula is C23H29N3O3. The molecule has 0 heterocycles. The van der Waals surface area contributed by atoms with Crippen LogP contribution >= 0.6 is 0 Å². The molecule has 6 heteroatoms. The Bertz CT molecular complexity index is 797. The van der Waals surface area contributed by atoms with Crippen molar-refractivity contribution >= 4 is 23.2 Å². The van der Waals surface area contributed by atoms with Crippen LogP contribution in [0.1, 0.15) is 42.5 Å². The number of rotatable bonds is 8. The van der Waals surface area contributed by atoms with E-state index in [1.54, 1.807) is 55.6 Å². The van der Waals surface area contributed by atoms with Gasteiger partial charge in [-0.3, -0.25) is 9.59 Å². The quantitative estimate of drug-likeness (QED) is 0.630. The molecule has 0 bridgehead atoms. The average molecular weight is 396 g/mol. The van der Waals surface area contributed by atoms with Crippen LogP contribution in [0.4, 0.5) is 11.4 Å². The lowest BCUT2D eigenvalue weighted by atomic mass is 9.89. The maximum Gasteiger partial charge on any atom is 0.255 e. The van der Waals surface area contributed by atoms with E-state index in [0.717, 1.165) is 18.0 Å². The van der Waals surface area contributed by atoms with Gasteiger partial charge in [-0.2, -0.15) is 0 Å². The predicted molar refractivity (Wildman–Crippen MR) is 115 cm³/mol. The fourth-order valence-corrected chi connectivity index (χ4v) is 3.51. The van der Waals surface area contributed by atoms with Gasteiger partial charge in [0.1, 0.15) is 5.75 Å². The van der Waals surface area contributed by atoms with Gasteiger partial charge in [-0.25, -0.2) is 0 Å². The Morgan fingerprint density at radius 2 is 1.59 bits per heavy atom. The van der Waals surface area contributed by atoms with Crippen molar-refractivity contribution in [3.05, 3.63) is 54.1 Å². The van der Waals surface area contributed by atoms with Gasteiger partial charge >= 0.3 is 0 Å². The molecular weight excluding hydrogens is 366 g/mol. The van der Waals surface area contributed by atoms with E-state index in [0.29, 0.717) is 17.2 Å². The highest BCUT2D eigenvalue weighted by Crippen LogP contribution is 2.22. The number of hydrogen-bond acceptors (Lipinski definition) is 4. The molecule has 154 valence electrons. The first-order valence-electron chi connectivity index (χ1n) is 10.2. The number of carbonyl (C=O) groups is 2. The molecule has 1 saturated carbocycles. The molecule has 3 N–H and O–H groups in total. The first-order valence-corrected chi connectivity index (χ1v) is 10.2. The highest BCUT2D eigenvalue weighted by Gasteiger charge is 2.14. The second kappa shape index (κ2) is 10.5. The van der Waals surface area contributed by atoms with Crippen molar-refractivity contribution < 1.29 is 14.3 Å². The van der Waals surface area contributed by atoms with Gasteiger partial charge in [-0.05, 0) is 67.3 Å². The molecule has 2 aromatic carbocycles. The second-order valence-electron chi connectivity index (χ2n) is 7.42. The second-order valence-corrected chi connectivity index (χ2v) is 7.42. The van der Waals surface area contributed by atoms with Gasteiger partial charge in [0.05, 0.1) is 13.7 Å². The summed E-state index contributed by atoms with van der Waals surface area (Å²) in [5.41, 5.74) is 2.06.